The molecule has 1 aliphatic rings. The van der Waals surface area contributed by atoms with Crippen molar-refractivity contribution < 1.29 is 4.79 Å². The van der Waals surface area contributed by atoms with Crippen LogP contribution in [0.15, 0.2) is 42.5 Å². The monoisotopic (exact) mass is 322 g/mol. The topological polar surface area (TPSA) is 32.3 Å². The van der Waals surface area contributed by atoms with Crippen LogP contribution in [-0.2, 0) is 13.1 Å². The maximum Gasteiger partial charge on any atom is 0.251 e. The first-order valence-electron chi connectivity index (χ1n) is 8.77. The van der Waals surface area contributed by atoms with Crippen LogP contribution in [0.1, 0.15) is 45.5 Å². The molecule has 3 heteroatoms. The summed E-state index contributed by atoms with van der Waals surface area (Å²) in [5, 5.41) is 3.01. The van der Waals surface area contributed by atoms with Crippen LogP contribution in [0.3, 0.4) is 0 Å². The zero-order valence-corrected chi connectivity index (χ0v) is 14.6. The van der Waals surface area contributed by atoms with Gasteiger partial charge in [0.05, 0.1) is 0 Å². The minimum absolute atomic E-state index is 0.0146. The zero-order chi connectivity index (χ0) is 16.9. The fraction of sp³-hybridized carbons (Fsp3) is 0.381. The first-order chi connectivity index (χ1) is 11.6. The van der Waals surface area contributed by atoms with E-state index in [1.165, 1.54) is 37.1 Å². The quantitative estimate of drug-likeness (QED) is 0.907. The molecule has 0 atom stereocenters. The van der Waals surface area contributed by atoms with E-state index in [1.54, 1.807) is 0 Å². The molecule has 3 nitrogen and oxygen atoms in total. The average molecular weight is 322 g/mol. The minimum Gasteiger partial charge on any atom is -0.348 e. The van der Waals surface area contributed by atoms with Crippen molar-refractivity contribution in [2.24, 2.45) is 0 Å². The van der Waals surface area contributed by atoms with Crippen molar-refractivity contribution in [2.45, 2.75) is 39.8 Å². The molecule has 3 rings (SSSR count). The number of benzene rings is 2. The Hall–Kier alpha value is -2.13. The van der Waals surface area contributed by atoms with Gasteiger partial charge >= 0.3 is 0 Å². The standard InChI is InChI=1S/C21H26N2O/c1-16-5-10-20(13-17(16)2)21(24)22-14-18-6-8-19(9-7-18)15-23-11-3-4-12-23/h5-10,13H,3-4,11-12,14-15H2,1-2H3,(H,22,24). The number of rotatable bonds is 5. The largest absolute Gasteiger partial charge is 0.348 e. The molecule has 0 radical (unpaired) electrons. The lowest BCUT2D eigenvalue weighted by molar-refractivity contribution is 0.0951. The van der Waals surface area contributed by atoms with Crippen molar-refractivity contribution >= 4 is 5.91 Å². The molecule has 0 bridgehead atoms. The fourth-order valence-electron chi connectivity index (χ4n) is 3.13. The predicted octanol–water partition coefficient (Wildman–Crippen LogP) is 3.83. The molecule has 0 spiro atoms. The van der Waals surface area contributed by atoms with Crippen LogP contribution in [0.25, 0.3) is 0 Å². The highest BCUT2D eigenvalue weighted by Crippen LogP contribution is 2.14. The van der Waals surface area contributed by atoms with E-state index in [4.69, 9.17) is 0 Å². The van der Waals surface area contributed by atoms with Gasteiger partial charge in [0.1, 0.15) is 0 Å². The summed E-state index contributed by atoms with van der Waals surface area (Å²) < 4.78 is 0. The Morgan fingerprint density at radius 1 is 0.958 bits per heavy atom. The number of carbonyl (C=O) groups excluding carboxylic acids is 1. The van der Waals surface area contributed by atoms with Crippen molar-refractivity contribution in [2.75, 3.05) is 13.1 Å². The van der Waals surface area contributed by atoms with Crippen LogP contribution in [0.4, 0.5) is 0 Å². The highest BCUT2D eigenvalue weighted by Gasteiger charge is 2.11. The summed E-state index contributed by atoms with van der Waals surface area (Å²) in [4.78, 5) is 14.8. The van der Waals surface area contributed by atoms with Crippen LogP contribution >= 0.6 is 0 Å². The lowest BCUT2D eigenvalue weighted by atomic mass is 10.1. The molecule has 2 aromatic carbocycles. The summed E-state index contributed by atoms with van der Waals surface area (Å²) in [5.41, 5.74) is 5.57. The molecule has 126 valence electrons. The van der Waals surface area contributed by atoms with E-state index >= 15 is 0 Å². The molecule has 1 fully saturated rings. The number of carbonyl (C=O) groups is 1. The number of aryl methyl sites for hydroxylation is 2. The lowest BCUT2D eigenvalue weighted by Gasteiger charge is -2.14. The maximum atomic E-state index is 12.3. The zero-order valence-electron chi connectivity index (χ0n) is 14.6. The van der Waals surface area contributed by atoms with Gasteiger partial charge in [-0.15, -0.1) is 0 Å². The number of hydrogen-bond donors (Lipinski definition) is 1. The third kappa shape index (κ3) is 4.24. The summed E-state index contributed by atoms with van der Waals surface area (Å²) in [7, 11) is 0. The third-order valence-electron chi connectivity index (χ3n) is 4.85. The molecule has 1 heterocycles. The highest BCUT2D eigenvalue weighted by molar-refractivity contribution is 5.94. The van der Waals surface area contributed by atoms with Crippen LogP contribution in [-0.4, -0.2) is 23.9 Å². The van der Waals surface area contributed by atoms with Crippen molar-refractivity contribution in [1.29, 1.82) is 0 Å². The van der Waals surface area contributed by atoms with Gasteiger partial charge in [0.25, 0.3) is 5.91 Å². The van der Waals surface area contributed by atoms with Crippen LogP contribution in [0.5, 0.6) is 0 Å². The van der Waals surface area contributed by atoms with Gasteiger partial charge in [-0.3, -0.25) is 9.69 Å². The van der Waals surface area contributed by atoms with E-state index in [2.05, 4.69) is 41.4 Å². The average Bonchev–Trinajstić information content (AvgIpc) is 3.09. The van der Waals surface area contributed by atoms with Gasteiger partial charge in [0.15, 0.2) is 0 Å². The lowest BCUT2D eigenvalue weighted by Crippen LogP contribution is -2.23. The second-order valence-corrected chi connectivity index (χ2v) is 6.78. The molecular formula is C21H26N2O. The molecule has 1 N–H and O–H groups in total. The number of likely N-dealkylation sites (tertiary alicyclic amines) is 1. The molecule has 2 aromatic rings. The van der Waals surface area contributed by atoms with Crippen molar-refractivity contribution in [3.8, 4) is 0 Å². The van der Waals surface area contributed by atoms with Crippen LogP contribution in [0, 0.1) is 13.8 Å². The molecule has 1 amide bonds. The van der Waals surface area contributed by atoms with Gasteiger partial charge in [-0.25, -0.2) is 0 Å². The Balaban J connectivity index is 1.53. The normalized spacial score (nSPS) is 14.8. The highest BCUT2D eigenvalue weighted by atomic mass is 16.1. The molecule has 1 saturated heterocycles. The van der Waals surface area contributed by atoms with Gasteiger partial charge in [0, 0.05) is 18.7 Å². The summed E-state index contributed by atoms with van der Waals surface area (Å²) in [6, 6.07) is 14.4. The third-order valence-corrected chi connectivity index (χ3v) is 4.85. The molecule has 0 aromatic heterocycles. The predicted molar refractivity (Wildman–Crippen MR) is 98.0 cm³/mol. The van der Waals surface area contributed by atoms with Gasteiger partial charge in [-0.1, -0.05) is 30.3 Å². The van der Waals surface area contributed by atoms with E-state index in [9.17, 15) is 4.79 Å². The van der Waals surface area contributed by atoms with Crippen molar-refractivity contribution in [3.63, 3.8) is 0 Å². The maximum absolute atomic E-state index is 12.3. The summed E-state index contributed by atoms with van der Waals surface area (Å²) in [6.07, 6.45) is 2.64. The SMILES string of the molecule is Cc1ccc(C(=O)NCc2ccc(CN3CCCC3)cc2)cc1C. The second-order valence-electron chi connectivity index (χ2n) is 6.78. The van der Waals surface area contributed by atoms with Crippen LogP contribution in [0.2, 0.25) is 0 Å². The van der Waals surface area contributed by atoms with Gasteiger partial charge in [-0.2, -0.15) is 0 Å². The Morgan fingerprint density at radius 3 is 2.29 bits per heavy atom. The van der Waals surface area contributed by atoms with Crippen molar-refractivity contribution in [3.05, 3.63) is 70.3 Å². The summed E-state index contributed by atoms with van der Waals surface area (Å²) in [6.45, 7) is 8.12. The Morgan fingerprint density at radius 2 is 1.62 bits per heavy atom. The van der Waals surface area contributed by atoms with E-state index in [0.29, 0.717) is 6.54 Å². The van der Waals surface area contributed by atoms with E-state index in [-0.39, 0.29) is 5.91 Å². The molecule has 0 aliphatic carbocycles. The minimum atomic E-state index is -0.0146. The number of nitrogens with one attached hydrogen (secondary N) is 1. The van der Waals surface area contributed by atoms with E-state index < -0.39 is 0 Å². The number of hydrogen-bond acceptors (Lipinski definition) is 2. The molecule has 1 aliphatic heterocycles. The van der Waals surface area contributed by atoms with E-state index in [0.717, 1.165) is 23.2 Å². The van der Waals surface area contributed by atoms with E-state index in [1.807, 2.05) is 25.1 Å². The Kier molecular flexibility index (Phi) is 5.31. The Bertz CT molecular complexity index is 700. The fourth-order valence-corrected chi connectivity index (χ4v) is 3.13. The van der Waals surface area contributed by atoms with Gasteiger partial charge in [-0.05, 0) is 74.2 Å². The molecule has 0 saturated carbocycles. The molecule has 24 heavy (non-hydrogen) atoms. The first-order valence-corrected chi connectivity index (χ1v) is 8.77. The second kappa shape index (κ2) is 7.63. The van der Waals surface area contributed by atoms with Crippen LogP contribution < -0.4 is 5.32 Å². The summed E-state index contributed by atoms with van der Waals surface area (Å²) in [5.74, 6) is -0.0146. The molecule has 0 unspecified atom stereocenters. The molecular weight excluding hydrogens is 296 g/mol. The summed E-state index contributed by atoms with van der Waals surface area (Å²) >= 11 is 0. The van der Waals surface area contributed by atoms with Crippen molar-refractivity contribution in [1.82, 2.24) is 10.2 Å². The number of nitrogens with zero attached hydrogens (tertiary/aromatic N) is 1. The Labute approximate surface area is 144 Å². The van der Waals surface area contributed by atoms with Gasteiger partial charge < -0.3 is 5.32 Å². The number of amides is 1. The van der Waals surface area contributed by atoms with Gasteiger partial charge in [0.2, 0.25) is 0 Å². The smallest absolute Gasteiger partial charge is 0.251 e. The first kappa shape index (κ1) is 16.7.